The number of sulfonamides is 1. The van der Waals surface area contributed by atoms with E-state index < -0.39 is 16.0 Å². The molecular weight excluding hydrogens is 402 g/mol. The van der Waals surface area contributed by atoms with Gasteiger partial charge in [0, 0.05) is 0 Å². The molecule has 0 heterocycles. The average molecular weight is 426 g/mol. The molecular formula is C23H23NO5S. The topological polar surface area (TPSA) is 81.7 Å². The van der Waals surface area contributed by atoms with Crippen molar-refractivity contribution in [2.24, 2.45) is 0 Å². The van der Waals surface area contributed by atoms with Crippen molar-refractivity contribution in [3.63, 3.8) is 0 Å². The van der Waals surface area contributed by atoms with E-state index in [0.29, 0.717) is 5.56 Å². The second-order valence-corrected chi connectivity index (χ2v) is 8.56. The van der Waals surface area contributed by atoms with E-state index >= 15 is 0 Å². The van der Waals surface area contributed by atoms with E-state index in [9.17, 15) is 13.2 Å². The summed E-state index contributed by atoms with van der Waals surface area (Å²) in [6.07, 6.45) is 0. The Hall–Kier alpha value is -3.32. The van der Waals surface area contributed by atoms with Gasteiger partial charge in [0.15, 0.2) is 5.75 Å². The van der Waals surface area contributed by atoms with Gasteiger partial charge in [0.2, 0.25) is 0 Å². The number of benzene rings is 3. The number of methoxy groups -OCH3 is 1. The lowest BCUT2D eigenvalue weighted by atomic mass is 10.1. The average Bonchev–Trinajstić information content (AvgIpc) is 2.73. The van der Waals surface area contributed by atoms with Crippen molar-refractivity contribution in [3.8, 4) is 5.75 Å². The number of carbonyl (C=O) groups excluding carboxylic acids is 1. The highest BCUT2D eigenvalue weighted by atomic mass is 32.2. The van der Waals surface area contributed by atoms with Gasteiger partial charge in [0.05, 0.1) is 17.7 Å². The van der Waals surface area contributed by atoms with Crippen LogP contribution in [0.1, 0.15) is 27.0 Å². The summed E-state index contributed by atoms with van der Waals surface area (Å²) >= 11 is 0. The van der Waals surface area contributed by atoms with E-state index in [2.05, 4.69) is 4.72 Å². The third-order valence-corrected chi connectivity index (χ3v) is 5.82. The van der Waals surface area contributed by atoms with Crippen LogP contribution in [0.15, 0.2) is 71.6 Å². The Labute approximate surface area is 176 Å². The minimum Gasteiger partial charge on any atom is -0.486 e. The molecule has 0 atom stereocenters. The number of carbonyl (C=O) groups is 1. The maximum absolute atomic E-state index is 12.9. The van der Waals surface area contributed by atoms with Gasteiger partial charge in [-0.1, -0.05) is 48.0 Å². The molecule has 7 heteroatoms. The lowest BCUT2D eigenvalue weighted by Gasteiger charge is -2.17. The van der Waals surface area contributed by atoms with Crippen molar-refractivity contribution < 1.29 is 22.7 Å². The van der Waals surface area contributed by atoms with E-state index in [1.807, 2.05) is 37.3 Å². The summed E-state index contributed by atoms with van der Waals surface area (Å²) in [5.41, 5.74) is 2.83. The smallest absolute Gasteiger partial charge is 0.341 e. The van der Waals surface area contributed by atoms with Crippen LogP contribution in [0.5, 0.6) is 5.75 Å². The second kappa shape index (κ2) is 9.00. The molecule has 0 aliphatic carbocycles. The minimum absolute atomic E-state index is 0.114. The number of nitrogens with one attached hydrogen (secondary N) is 1. The summed E-state index contributed by atoms with van der Waals surface area (Å²) in [5.74, 6) is -0.496. The quantitative estimate of drug-likeness (QED) is 0.565. The molecule has 1 N–H and O–H groups in total. The first kappa shape index (κ1) is 21.4. The second-order valence-electron chi connectivity index (χ2n) is 6.87. The molecule has 0 radical (unpaired) electrons. The van der Waals surface area contributed by atoms with Crippen LogP contribution in [0.25, 0.3) is 0 Å². The zero-order chi connectivity index (χ0) is 21.7. The molecule has 0 saturated heterocycles. The fourth-order valence-electron chi connectivity index (χ4n) is 2.92. The molecule has 0 aliphatic heterocycles. The number of esters is 1. The summed E-state index contributed by atoms with van der Waals surface area (Å²) in [7, 11) is -2.62. The number of hydrogen-bond acceptors (Lipinski definition) is 5. The Morgan fingerprint density at radius 3 is 2.23 bits per heavy atom. The number of anilines is 1. The Morgan fingerprint density at radius 1 is 0.933 bits per heavy atom. The summed E-state index contributed by atoms with van der Waals surface area (Å²) in [6, 6.07) is 19.1. The van der Waals surface area contributed by atoms with E-state index in [4.69, 9.17) is 9.47 Å². The molecule has 156 valence electrons. The van der Waals surface area contributed by atoms with Crippen LogP contribution in [-0.2, 0) is 21.4 Å². The van der Waals surface area contributed by atoms with Crippen molar-refractivity contribution in [3.05, 3.63) is 89.0 Å². The Kier molecular flexibility index (Phi) is 6.42. The van der Waals surface area contributed by atoms with Gasteiger partial charge in [-0.3, -0.25) is 4.72 Å². The SMILES string of the molecule is COC(=O)c1cc(C)cc(NS(=O)(=O)c2ccc(C)cc2)c1OCc1ccccc1. The molecule has 3 rings (SSSR count). The molecule has 0 fully saturated rings. The lowest BCUT2D eigenvalue weighted by Crippen LogP contribution is -2.16. The van der Waals surface area contributed by atoms with Crippen LogP contribution in [0, 0.1) is 13.8 Å². The Morgan fingerprint density at radius 2 is 1.60 bits per heavy atom. The van der Waals surface area contributed by atoms with Crippen LogP contribution in [-0.4, -0.2) is 21.5 Å². The van der Waals surface area contributed by atoms with Crippen molar-refractivity contribution >= 4 is 21.7 Å². The van der Waals surface area contributed by atoms with Crippen LogP contribution in [0.2, 0.25) is 0 Å². The highest BCUT2D eigenvalue weighted by Gasteiger charge is 2.23. The molecule has 0 amide bonds. The van der Waals surface area contributed by atoms with Gasteiger partial charge >= 0.3 is 5.97 Å². The first-order valence-electron chi connectivity index (χ1n) is 9.29. The van der Waals surface area contributed by atoms with Crippen molar-refractivity contribution in [2.45, 2.75) is 25.3 Å². The van der Waals surface area contributed by atoms with E-state index in [1.165, 1.54) is 19.2 Å². The molecule has 30 heavy (non-hydrogen) atoms. The maximum atomic E-state index is 12.9. The van der Waals surface area contributed by atoms with Gasteiger partial charge in [-0.25, -0.2) is 13.2 Å². The number of aryl methyl sites for hydroxylation is 2. The molecule has 0 spiro atoms. The normalized spacial score (nSPS) is 11.0. The summed E-state index contributed by atoms with van der Waals surface area (Å²) in [4.78, 5) is 12.5. The molecule has 6 nitrogen and oxygen atoms in total. The molecule has 0 bridgehead atoms. The minimum atomic E-state index is -3.88. The van der Waals surface area contributed by atoms with Gasteiger partial charge in [-0.15, -0.1) is 0 Å². The molecule has 0 unspecified atom stereocenters. The highest BCUT2D eigenvalue weighted by Crippen LogP contribution is 2.34. The molecule has 0 aliphatic rings. The zero-order valence-electron chi connectivity index (χ0n) is 17.0. The fraction of sp³-hybridized carbons (Fsp3) is 0.174. The van der Waals surface area contributed by atoms with Crippen LogP contribution in [0.4, 0.5) is 5.69 Å². The van der Waals surface area contributed by atoms with Crippen molar-refractivity contribution in [2.75, 3.05) is 11.8 Å². The molecule has 0 saturated carbocycles. The first-order valence-corrected chi connectivity index (χ1v) is 10.8. The van der Waals surface area contributed by atoms with Crippen LogP contribution >= 0.6 is 0 Å². The van der Waals surface area contributed by atoms with Crippen LogP contribution < -0.4 is 9.46 Å². The summed E-state index contributed by atoms with van der Waals surface area (Å²) in [6.45, 7) is 3.80. The van der Waals surface area contributed by atoms with E-state index in [0.717, 1.165) is 11.1 Å². The molecule has 3 aromatic rings. The molecule has 0 aromatic heterocycles. The third-order valence-electron chi connectivity index (χ3n) is 4.44. The zero-order valence-corrected chi connectivity index (χ0v) is 17.8. The number of ether oxygens (including phenoxy) is 2. The summed E-state index contributed by atoms with van der Waals surface area (Å²) < 4.78 is 39.2. The van der Waals surface area contributed by atoms with Gasteiger partial charge in [-0.05, 0) is 49.2 Å². The summed E-state index contributed by atoms with van der Waals surface area (Å²) in [5, 5.41) is 0. The predicted molar refractivity (Wildman–Crippen MR) is 115 cm³/mol. The first-order chi connectivity index (χ1) is 14.3. The van der Waals surface area contributed by atoms with Crippen LogP contribution in [0.3, 0.4) is 0 Å². The number of rotatable bonds is 7. The third kappa shape index (κ3) is 4.99. The van der Waals surface area contributed by atoms with Gasteiger partial charge in [0.25, 0.3) is 10.0 Å². The van der Waals surface area contributed by atoms with Gasteiger partial charge < -0.3 is 9.47 Å². The predicted octanol–water partition coefficient (Wildman–Crippen LogP) is 4.47. The monoisotopic (exact) mass is 425 g/mol. The highest BCUT2D eigenvalue weighted by molar-refractivity contribution is 7.92. The largest absolute Gasteiger partial charge is 0.486 e. The Bertz CT molecular complexity index is 1140. The fourth-order valence-corrected chi connectivity index (χ4v) is 3.97. The van der Waals surface area contributed by atoms with Gasteiger partial charge in [0.1, 0.15) is 12.2 Å². The lowest BCUT2D eigenvalue weighted by molar-refractivity contribution is 0.0595. The van der Waals surface area contributed by atoms with E-state index in [-0.39, 0.29) is 28.5 Å². The standard InChI is InChI=1S/C23H23NO5S/c1-16-9-11-19(12-10-16)30(26,27)24-21-14-17(2)13-20(23(25)28-3)22(21)29-15-18-7-5-4-6-8-18/h4-14,24H,15H2,1-3H3. The van der Waals surface area contributed by atoms with Crippen molar-refractivity contribution in [1.82, 2.24) is 0 Å². The number of hydrogen-bond donors (Lipinski definition) is 1. The Balaban J connectivity index is 2.02. The maximum Gasteiger partial charge on any atom is 0.341 e. The van der Waals surface area contributed by atoms with E-state index in [1.54, 1.807) is 31.2 Å². The van der Waals surface area contributed by atoms with Gasteiger partial charge in [-0.2, -0.15) is 0 Å². The molecule has 3 aromatic carbocycles. The van der Waals surface area contributed by atoms with Crippen molar-refractivity contribution in [1.29, 1.82) is 0 Å².